The van der Waals surface area contributed by atoms with Crippen molar-refractivity contribution < 1.29 is 8.42 Å². The van der Waals surface area contributed by atoms with Crippen molar-refractivity contribution in [2.45, 2.75) is 25.7 Å². The van der Waals surface area contributed by atoms with Gasteiger partial charge in [-0.3, -0.25) is 0 Å². The first kappa shape index (κ1) is 11.9. The van der Waals surface area contributed by atoms with Gasteiger partial charge in [-0.05, 0) is 12.3 Å². The second-order valence-corrected chi connectivity index (χ2v) is 6.21. The summed E-state index contributed by atoms with van der Waals surface area (Å²) in [6, 6.07) is 0. The number of nitrogens with two attached hydrogens (primary N) is 1. The van der Waals surface area contributed by atoms with Crippen molar-refractivity contribution >= 4 is 10.0 Å². The molecular formula is C9H20N2O2S. The Morgan fingerprint density at radius 3 is 2.50 bits per heavy atom. The Bertz CT molecular complexity index is 260. The van der Waals surface area contributed by atoms with Crippen molar-refractivity contribution in [3.05, 3.63) is 0 Å². The number of sulfonamides is 1. The Morgan fingerprint density at radius 2 is 2.07 bits per heavy atom. The molecule has 84 valence electrons. The van der Waals surface area contributed by atoms with Gasteiger partial charge in [0.25, 0.3) is 0 Å². The van der Waals surface area contributed by atoms with Crippen LogP contribution in [0.2, 0.25) is 0 Å². The molecule has 1 fully saturated rings. The van der Waals surface area contributed by atoms with E-state index in [1.807, 2.05) is 0 Å². The minimum Gasteiger partial charge on any atom is -0.329 e. The SMILES string of the molecule is CN(CCN)S(=O)(=O)CCC1CCC1. The van der Waals surface area contributed by atoms with E-state index >= 15 is 0 Å². The molecule has 14 heavy (non-hydrogen) atoms. The molecule has 5 heteroatoms. The van der Waals surface area contributed by atoms with Gasteiger partial charge in [0, 0.05) is 20.1 Å². The fourth-order valence-electron chi connectivity index (χ4n) is 1.57. The third-order valence-electron chi connectivity index (χ3n) is 2.93. The second kappa shape index (κ2) is 5.09. The number of likely N-dealkylation sites (N-methyl/N-ethyl adjacent to an activating group) is 1. The van der Waals surface area contributed by atoms with E-state index in [0.717, 1.165) is 6.42 Å². The van der Waals surface area contributed by atoms with E-state index in [4.69, 9.17) is 5.73 Å². The van der Waals surface area contributed by atoms with Crippen LogP contribution >= 0.6 is 0 Å². The highest BCUT2D eigenvalue weighted by molar-refractivity contribution is 7.89. The number of rotatable bonds is 6. The minimum atomic E-state index is -3.04. The molecule has 0 aromatic heterocycles. The third kappa shape index (κ3) is 3.22. The van der Waals surface area contributed by atoms with Crippen LogP contribution in [0, 0.1) is 5.92 Å². The molecule has 4 nitrogen and oxygen atoms in total. The summed E-state index contributed by atoms with van der Waals surface area (Å²) in [6.45, 7) is 0.812. The monoisotopic (exact) mass is 220 g/mol. The van der Waals surface area contributed by atoms with Gasteiger partial charge in [0.2, 0.25) is 10.0 Å². The van der Waals surface area contributed by atoms with E-state index < -0.39 is 10.0 Å². The molecule has 0 aliphatic heterocycles. The van der Waals surface area contributed by atoms with Crippen LogP contribution in [0.1, 0.15) is 25.7 Å². The third-order valence-corrected chi connectivity index (χ3v) is 4.81. The maximum Gasteiger partial charge on any atom is 0.213 e. The van der Waals surface area contributed by atoms with Gasteiger partial charge < -0.3 is 5.73 Å². The average Bonchev–Trinajstić information content (AvgIpc) is 2.01. The molecule has 0 atom stereocenters. The van der Waals surface area contributed by atoms with Crippen molar-refractivity contribution in [1.29, 1.82) is 0 Å². The molecule has 0 radical (unpaired) electrons. The molecule has 1 aliphatic rings. The van der Waals surface area contributed by atoms with Crippen LogP contribution in [0.15, 0.2) is 0 Å². The van der Waals surface area contributed by atoms with E-state index in [1.54, 1.807) is 7.05 Å². The highest BCUT2D eigenvalue weighted by Gasteiger charge is 2.22. The highest BCUT2D eigenvalue weighted by Crippen LogP contribution is 2.29. The lowest BCUT2D eigenvalue weighted by molar-refractivity contribution is 0.306. The molecule has 0 saturated heterocycles. The van der Waals surface area contributed by atoms with E-state index in [0.29, 0.717) is 19.0 Å². The zero-order chi connectivity index (χ0) is 10.6. The van der Waals surface area contributed by atoms with Gasteiger partial charge >= 0.3 is 0 Å². The zero-order valence-corrected chi connectivity index (χ0v) is 9.59. The highest BCUT2D eigenvalue weighted by atomic mass is 32.2. The van der Waals surface area contributed by atoms with Crippen molar-refractivity contribution in [2.24, 2.45) is 11.7 Å². The standard InChI is InChI=1S/C9H20N2O2S/c1-11(7-6-10)14(12,13)8-5-9-3-2-4-9/h9H,2-8,10H2,1H3. The quantitative estimate of drug-likeness (QED) is 0.704. The van der Waals surface area contributed by atoms with Gasteiger partial charge in [-0.25, -0.2) is 12.7 Å². The van der Waals surface area contributed by atoms with Crippen LogP contribution in [0.4, 0.5) is 0 Å². The Hall–Kier alpha value is -0.130. The molecule has 1 rings (SSSR count). The van der Waals surface area contributed by atoms with Gasteiger partial charge in [0.15, 0.2) is 0 Å². The van der Waals surface area contributed by atoms with E-state index in [9.17, 15) is 8.42 Å². The predicted molar refractivity (Wildman–Crippen MR) is 57.4 cm³/mol. The van der Waals surface area contributed by atoms with Gasteiger partial charge in [-0.1, -0.05) is 19.3 Å². The largest absolute Gasteiger partial charge is 0.329 e. The van der Waals surface area contributed by atoms with E-state index in [2.05, 4.69) is 0 Å². The summed E-state index contributed by atoms with van der Waals surface area (Å²) in [7, 11) is -1.44. The number of nitrogens with zero attached hydrogens (tertiary/aromatic N) is 1. The molecule has 0 aromatic carbocycles. The lowest BCUT2D eigenvalue weighted by Crippen LogP contribution is -2.34. The number of hydrogen-bond acceptors (Lipinski definition) is 3. The molecular weight excluding hydrogens is 200 g/mol. The molecule has 1 aliphatic carbocycles. The first-order valence-electron chi connectivity index (χ1n) is 5.20. The summed E-state index contributed by atoms with van der Waals surface area (Å²) >= 11 is 0. The van der Waals surface area contributed by atoms with Crippen molar-refractivity contribution in [1.82, 2.24) is 4.31 Å². The molecule has 0 bridgehead atoms. The van der Waals surface area contributed by atoms with Crippen molar-refractivity contribution in [3.63, 3.8) is 0 Å². The summed E-state index contributed by atoms with van der Waals surface area (Å²) in [5.74, 6) is 0.935. The van der Waals surface area contributed by atoms with Crippen molar-refractivity contribution in [2.75, 3.05) is 25.9 Å². The summed E-state index contributed by atoms with van der Waals surface area (Å²) in [5.41, 5.74) is 5.31. The van der Waals surface area contributed by atoms with Gasteiger partial charge in [0.1, 0.15) is 0 Å². The van der Waals surface area contributed by atoms with E-state index in [-0.39, 0.29) is 5.75 Å². The molecule has 0 unspecified atom stereocenters. The molecule has 1 saturated carbocycles. The average molecular weight is 220 g/mol. The molecule has 2 N–H and O–H groups in total. The normalized spacial score (nSPS) is 18.5. The van der Waals surface area contributed by atoms with Crippen molar-refractivity contribution in [3.8, 4) is 0 Å². The Labute approximate surface area is 86.5 Å². The van der Waals surface area contributed by atoms with Crippen LogP contribution in [-0.4, -0.2) is 38.6 Å². The summed E-state index contributed by atoms with van der Waals surface area (Å²) in [4.78, 5) is 0. The Balaban J connectivity index is 2.32. The Kier molecular flexibility index (Phi) is 4.34. The fourth-order valence-corrected chi connectivity index (χ4v) is 2.90. The topological polar surface area (TPSA) is 63.4 Å². The van der Waals surface area contributed by atoms with Gasteiger partial charge in [0.05, 0.1) is 5.75 Å². The summed E-state index contributed by atoms with van der Waals surface area (Å²) < 4.78 is 24.6. The maximum atomic E-state index is 11.6. The number of hydrogen-bond donors (Lipinski definition) is 1. The lowest BCUT2D eigenvalue weighted by atomic mass is 9.84. The van der Waals surface area contributed by atoms with Crippen LogP contribution in [0.3, 0.4) is 0 Å². The van der Waals surface area contributed by atoms with E-state index in [1.165, 1.54) is 23.6 Å². The molecule has 0 spiro atoms. The lowest BCUT2D eigenvalue weighted by Gasteiger charge is -2.26. The first-order valence-corrected chi connectivity index (χ1v) is 6.81. The summed E-state index contributed by atoms with van der Waals surface area (Å²) in [5, 5.41) is 0. The summed E-state index contributed by atoms with van der Waals surface area (Å²) in [6.07, 6.45) is 4.49. The molecule has 0 amide bonds. The second-order valence-electron chi connectivity index (χ2n) is 4.01. The van der Waals surface area contributed by atoms with Gasteiger partial charge in [-0.2, -0.15) is 0 Å². The van der Waals surface area contributed by atoms with Gasteiger partial charge in [-0.15, -0.1) is 0 Å². The predicted octanol–water partition coefficient (Wildman–Crippen LogP) is 0.397. The molecule has 0 heterocycles. The van der Waals surface area contributed by atoms with Crippen LogP contribution in [-0.2, 0) is 10.0 Å². The smallest absolute Gasteiger partial charge is 0.213 e. The fraction of sp³-hybridized carbons (Fsp3) is 1.00. The van der Waals surface area contributed by atoms with Crippen LogP contribution < -0.4 is 5.73 Å². The first-order chi connectivity index (χ1) is 6.56. The zero-order valence-electron chi connectivity index (χ0n) is 8.78. The van der Waals surface area contributed by atoms with Crippen LogP contribution in [0.25, 0.3) is 0 Å². The Morgan fingerprint density at radius 1 is 1.43 bits per heavy atom. The van der Waals surface area contributed by atoms with Crippen LogP contribution in [0.5, 0.6) is 0 Å². The molecule has 0 aromatic rings. The minimum absolute atomic E-state index is 0.286. The maximum absolute atomic E-state index is 11.6.